The summed E-state index contributed by atoms with van der Waals surface area (Å²) in [5, 5.41) is 2.42. The second-order valence-electron chi connectivity index (χ2n) is 16.8. The van der Waals surface area contributed by atoms with Gasteiger partial charge in [0.15, 0.2) is 0 Å². The lowest BCUT2D eigenvalue weighted by molar-refractivity contribution is 0.793. The van der Waals surface area contributed by atoms with Crippen LogP contribution in [0.3, 0.4) is 0 Å². The van der Waals surface area contributed by atoms with Gasteiger partial charge in [-0.3, -0.25) is 0 Å². The van der Waals surface area contributed by atoms with Crippen LogP contribution in [0.15, 0.2) is 243 Å². The van der Waals surface area contributed by atoms with Crippen molar-refractivity contribution in [1.82, 2.24) is 4.57 Å². The maximum atomic E-state index is 2.48. The monoisotopic (exact) mass is 800 g/mol. The molecule has 0 saturated carbocycles. The maximum absolute atomic E-state index is 2.48. The molecule has 2 aliphatic rings. The van der Waals surface area contributed by atoms with E-state index < -0.39 is 5.41 Å². The van der Waals surface area contributed by atoms with Crippen LogP contribution in [0.5, 0.6) is 0 Å². The van der Waals surface area contributed by atoms with Crippen LogP contribution >= 0.6 is 0 Å². The number of hydrogen-bond acceptors (Lipinski definition) is 1. The molecule has 0 unspecified atom stereocenters. The van der Waals surface area contributed by atoms with Crippen molar-refractivity contribution in [3.8, 4) is 50.2 Å². The minimum absolute atomic E-state index is 0.432. The highest BCUT2D eigenvalue weighted by molar-refractivity contribution is 6.12. The first kappa shape index (κ1) is 35.5. The van der Waals surface area contributed by atoms with Crippen LogP contribution in [-0.2, 0) is 5.41 Å². The highest BCUT2D eigenvalue weighted by Gasteiger charge is 2.51. The minimum atomic E-state index is -0.432. The zero-order chi connectivity index (χ0) is 41.5. The number of fused-ring (bicyclic) bond motifs is 13. The van der Waals surface area contributed by atoms with Gasteiger partial charge in [-0.25, -0.2) is 0 Å². The Bertz CT molecular complexity index is 3500. The van der Waals surface area contributed by atoms with Crippen LogP contribution in [0, 0.1) is 0 Å². The van der Waals surface area contributed by atoms with E-state index in [2.05, 4.69) is 252 Å². The summed E-state index contributed by atoms with van der Waals surface area (Å²) in [6, 6.07) is 89.5. The highest BCUT2D eigenvalue weighted by atomic mass is 15.1. The molecular weight excluding hydrogens is 761 g/mol. The summed E-state index contributed by atoms with van der Waals surface area (Å²) in [5.41, 5.74) is 21.8. The van der Waals surface area contributed by atoms with Gasteiger partial charge in [-0.05, 0) is 140 Å². The van der Waals surface area contributed by atoms with Crippen molar-refractivity contribution in [2.75, 3.05) is 4.90 Å². The van der Waals surface area contributed by atoms with Gasteiger partial charge in [-0.1, -0.05) is 170 Å². The van der Waals surface area contributed by atoms with Crippen molar-refractivity contribution in [3.63, 3.8) is 0 Å². The Morgan fingerprint density at radius 1 is 0.286 bits per heavy atom. The lowest BCUT2D eigenvalue weighted by Crippen LogP contribution is -2.26. The van der Waals surface area contributed by atoms with Crippen LogP contribution < -0.4 is 4.90 Å². The molecule has 2 heteroatoms. The fourth-order valence-electron chi connectivity index (χ4n) is 10.9. The molecule has 294 valence electrons. The molecule has 0 aliphatic heterocycles. The summed E-state index contributed by atoms with van der Waals surface area (Å²) in [5.74, 6) is 0. The Morgan fingerprint density at radius 3 is 1.40 bits per heavy atom. The van der Waals surface area contributed by atoms with E-state index in [9.17, 15) is 0 Å². The van der Waals surface area contributed by atoms with Crippen LogP contribution in [0.4, 0.5) is 17.1 Å². The molecule has 0 amide bonds. The van der Waals surface area contributed by atoms with E-state index in [0.717, 1.165) is 22.7 Å². The molecule has 2 aliphatic carbocycles. The molecule has 11 aromatic rings. The van der Waals surface area contributed by atoms with Crippen molar-refractivity contribution in [2.24, 2.45) is 0 Å². The summed E-state index contributed by atoms with van der Waals surface area (Å²) in [7, 11) is 0. The molecule has 10 aromatic carbocycles. The van der Waals surface area contributed by atoms with E-state index in [1.807, 2.05) is 0 Å². The quantitative estimate of drug-likeness (QED) is 0.163. The standard InChI is InChI=1S/C61H40N2/c1-4-17-41(18-5-1)42-19-16-20-43(37-42)44-31-35-59-53(38-44)54-39-47(33-36-60(54)63(59)46-23-8-3-9-24-46)62(45-21-6-2-7-22-45)48-32-34-52-51-27-12-15-30-57(51)61(58(52)40-48)55-28-13-10-25-49(55)50-26-11-14-29-56(50)61/h1-40H. The highest BCUT2D eigenvalue weighted by Crippen LogP contribution is 2.63. The molecule has 0 fully saturated rings. The third kappa shape index (κ3) is 5.25. The predicted octanol–water partition coefficient (Wildman–Crippen LogP) is 15.9. The van der Waals surface area contributed by atoms with Gasteiger partial charge in [0.1, 0.15) is 0 Å². The molecule has 0 radical (unpaired) electrons. The average Bonchev–Trinajstić information content (AvgIpc) is 3.96. The van der Waals surface area contributed by atoms with Crippen LogP contribution in [0.1, 0.15) is 22.3 Å². The number of nitrogens with zero attached hydrogens (tertiary/aromatic N) is 2. The Labute approximate surface area is 367 Å². The van der Waals surface area contributed by atoms with Crippen molar-refractivity contribution in [2.45, 2.75) is 5.41 Å². The van der Waals surface area contributed by atoms with Gasteiger partial charge in [0.05, 0.1) is 16.4 Å². The molecule has 0 saturated heterocycles. The molecule has 1 heterocycles. The van der Waals surface area contributed by atoms with Crippen molar-refractivity contribution in [3.05, 3.63) is 265 Å². The molecular formula is C61H40N2. The SMILES string of the molecule is c1ccc(-c2cccc(-c3ccc4c(c3)c3cc(N(c5ccccc5)c5ccc6c(c5)C5(c7ccccc7-c7ccccc75)c5ccccc5-6)ccc3n4-c3ccccc3)c2)cc1. The summed E-state index contributed by atoms with van der Waals surface area (Å²) in [6.45, 7) is 0. The van der Waals surface area contributed by atoms with Gasteiger partial charge < -0.3 is 9.47 Å². The summed E-state index contributed by atoms with van der Waals surface area (Å²) in [4.78, 5) is 2.45. The van der Waals surface area contributed by atoms with E-state index in [1.165, 1.54) is 88.6 Å². The van der Waals surface area contributed by atoms with Gasteiger partial charge in [-0.2, -0.15) is 0 Å². The minimum Gasteiger partial charge on any atom is -0.310 e. The van der Waals surface area contributed by atoms with Gasteiger partial charge in [-0.15, -0.1) is 0 Å². The number of hydrogen-bond donors (Lipinski definition) is 0. The Hall–Kier alpha value is -8.20. The average molecular weight is 801 g/mol. The number of benzene rings is 10. The number of anilines is 3. The Kier molecular flexibility index (Phi) is 7.85. The molecule has 0 bridgehead atoms. The summed E-state index contributed by atoms with van der Waals surface area (Å²) < 4.78 is 2.41. The lowest BCUT2D eigenvalue weighted by atomic mass is 9.70. The largest absolute Gasteiger partial charge is 0.310 e. The molecule has 0 atom stereocenters. The summed E-state index contributed by atoms with van der Waals surface area (Å²) >= 11 is 0. The predicted molar refractivity (Wildman–Crippen MR) is 263 cm³/mol. The number of para-hydroxylation sites is 2. The second-order valence-corrected chi connectivity index (χ2v) is 16.8. The smallest absolute Gasteiger partial charge is 0.0726 e. The van der Waals surface area contributed by atoms with Crippen LogP contribution in [-0.4, -0.2) is 4.57 Å². The van der Waals surface area contributed by atoms with Crippen LogP contribution in [0.2, 0.25) is 0 Å². The molecule has 13 rings (SSSR count). The van der Waals surface area contributed by atoms with Gasteiger partial charge in [0.25, 0.3) is 0 Å². The zero-order valence-electron chi connectivity index (χ0n) is 34.5. The molecule has 0 N–H and O–H groups in total. The summed E-state index contributed by atoms with van der Waals surface area (Å²) in [6.07, 6.45) is 0. The maximum Gasteiger partial charge on any atom is 0.0726 e. The van der Waals surface area contributed by atoms with Crippen LogP contribution in [0.25, 0.3) is 72.0 Å². The van der Waals surface area contributed by atoms with E-state index in [0.29, 0.717) is 0 Å². The second kappa shape index (κ2) is 13.9. The van der Waals surface area contributed by atoms with E-state index in [4.69, 9.17) is 0 Å². The van der Waals surface area contributed by atoms with Crippen molar-refractivity contribution in [1.29, 1.82) is 0 Å². The Morgan fingerprint density at radius 2 is 0.746 bits per heavy atom. The molecule has 63 heavy (non-hydrogen) atoms. The first-order chi connectivity index (χ1) is 31.3. The fourth-order valence-corrected chi connectivity index (χ4v) is 10.9. The van der Waals surface area contributed by atoms with E-state index in [-0.39, 0.29) is 0 Å². The van der Waals surface area contributed by atoms with Crippen molar-refractivity contribution >= 4 is 38.9 Å². The van der Waals surface area contributed by atoms with Gasteiger partial charge in [0, 0.05) is 33.5 Å². The third-order valence-corrected chi connectivity index (χ3v) is 13.6. The van der Waals surface area contributed by atoms with Crippen molar-refractivity contribution < 1.29 is 0 Å². The lowest BCUT2D eigenvalue weighted by Gasteiger charge is -2.32. The Balaban J connectivity index is 1.03. The topological polar surface area (TPSA) is 8.17 Å². The first-order valence-electron chi connectivity index (χ1n) is 21.8. The van der Waals surface area contributed by atoms with E-state index in [1.54, 1.807) is 0 Å². The van der Waals surface area contributed by atoms with E-state index >= 15 is 0 Å². The van der Waals surface area contributed by atoms with Gasteiger partial charge >= 0.3 is 0 Å². The number of aromatic nitrogens is 1. The third-order valence-electron chi connectivity index (χ3n) is 13.6. The normalized spacial score (nSPS) is 12.9. The zero-order valence-corrected chi connectivity index (χ0v) is 34.5. The number of rotatable bonds is 6. The molecule has 2 nitrogen and oxygen atoms in total. The molecule has 1 spiro atoms. The van der Waals surface area contributed by atoms with Gasteiger partial charge in [0.2, 0.25) is 0 Å². The first-order valence-corrected chi connectivity index (χ1v) is 21.8. The molecule has 1 aromatic heterocycles. The fraction of sp³-hybridized carbons (Fsp3) is 0.0164.